The summed E-state index contributed by atoms with van der Waals surface area (Å²) in [5.74, 6) is 0. The second-order valence-corrected chi connectivity index (χ2v) is 5.55. The molecule has 0 radical (unpaired) electrons. The molecule has 0 amide bonds. The number of ether oxygens (including phenoxy) is 1. The predicted octanol–water partition coefficient (Wildman–Crippen LogP) is -0.725. The molecule has 0 aromatic rings. The first-order chi connectivity index (χ1) is 7.54. The maximum absolute atomic E-state index is 12.1. The number of nitrogens with one attached hydrogen (secondary N) is 2. The Labute approximate surface area is 96.7 Å². The third kappa shape index (κ3) is 2.66. The first-order valence-corrected chi connectivity index (χ1v) is 6.59. The van der Waals surface area contributed by atoms with Crippen LogP contribution in [0.2, 0.25) is 0 Å². The SMILES string of the molecule is CN/C=C(\NC)S(=O)(=O)N(C)C1CCOC1. The van der Waals surface area contributed by atoms with Gasteiger partial charge in [-0.15, -0.1) is 0 Å². The summed E-state index contributed by atoms with van der Waals surface area (Å²) in [4.78, 5) is 0. The molecular formula is C9H19N3O3S. The molecular weight excluding hydrogens is 230 g/mol. The van der Waals surface area contributed by atoms with E-state index in [2.05, 4.69) is 10.6 Å². The van der Waals surface area contributed by atoms with Crippen molar-refractivity contribution in [2.24, 2.45) is 0 Å². The minimum atomic E-state index is -3.46. The van der Waals surface area contributed by atoms with E-state index in [0.717, 1.165) is 6.42 Å². The van der Waals surface area contributed by atoms with Crippen molar-refractivity contribution in [3.05, 3.63) is 11.2 Å². The van der Waals surface area contributed by atoms with Crippen molar-refractivity contribution >= 4 is 10.0 Å². The Hall–Kier alpha value is -0.790. The Morgan fingerprint density at radius 2 is 2.19 bits per heavy atom. The molecule has 1 atom stereocenters. The van der Waals surface area contributed by atoms with Gasteiger partial charge < -0.3 is 15.4 Å². The molecule has 1 saturated heterocycles. The molecule has 0 saturated carbocycles. The van der Waals surface area contributed by atoms with Crippen LogP contribution in [0.4, 0.5) is 0 Å². The molecule has 0 aromatic carbocycles. The van der Waals surface area contributed by atoms with E-state index in [4.69, 9.17) is 4.74 Å². The number of likely N-dealkylation sites (N-methyl/N-ethyl adjacent to an activating group) is 1. The lowest BCUT2D eigenvalue weighted by atomic mass is 10.3. The molecule has 1 heterocycles. The Balaban J connectivity index is 2.86. The summed E-state index contributed by atoms with van der Waals surface area (Å²) in [5.41, 5.74) is 0. The van der Waals surface area contributed by atoms with Crippen molar-refractivity contribution in [3.8, 4) is 0 Å². The fourth-order valence-electron chi connectivity index (χ4n) is 1.57. The van der Waals surface area contributed by atoms with E-state index < -0.39 is 10.0 Å². The van der Waals surface area contributed by atoms with Crippen LogP contribution in [0.25, 0.3) is 0 Å². The van der Waals surface area contributed by atoms with E-state index in [1.165, 1.54) is 10.5 Å². The number of nitrogens with zero attached hydrogens (tertiary/aromatic N) is 1. The summed E-state index contributed by atoms with van der Waals surface area (Å²) in [6.07, 6.45) is 2.17. The molecule has 1 unspecified atom stereocenters. The molecule has 1 aliphatic rings. The van der Waals surface area contributed by atoms with Crippen molar-refractivity contribution in [2.45, 2.75) is 12.5 Å². The van der Waals surface area contributed by atoms with Crippen molar-refractivity contribution < 1.29 is 13.2 Å². The van der Waals surface area contributed by atoms with Crippen molar-refractivity contribution in [2.75, 3.05) is 34.4 Å². The van der Waals surface area contributed by atoms with Gasteiger partial charge in [0.1, 0.15) is 0 Å². The third-order valence-electron chi connectivity index (χ3n) is 2.60. The summed E-state index contributed by atoms with van der Waals surface area (Å²) in [7, 11) is 1.36. The van der Waals surface area contributed by atoms with Crippen molar-refractivity contribution in [1.82, 2.24) is 14.9 Å². The highest BCUT2D eigenvalue weighted by Crippen LogP contribution is 2.17. The van der Waals surface area contributed by atoms with Gasteiger partial charge in [0.2, 0.25) is 0 Å². The number of hydrogen-bond acceptors (Lipinski definition) is 5. The van der Waals surface area contributed by atoms with Gasteiger partial charge in [0.15, 0.2) is 5.03 Å². The first kappa shape index (κ1) is 13.3. The smallest absolute Gasteiger partial charge is 0.259 e. The highest BCUT2D eigenvalue weighted by molar-refractivity contribution is 7.92. The molecule has 16 heavy (non-hydrogen) atoms. The van der Waals surface area contributed by atoms with E-state index in [1.807, 2.05) is 0 Å². The monoisotopic (exact) mass is 249 g/mol. The molecule has 1 aliphatic heterocycles. The summed E-state index contributed by atoms with van der Waals surface area (Å²) in [6.45, 7) is 1.08. The molecule has 0 aromatic heterocycles. The highest BCUT2D eigenvalue weighted by Gasteiger charge is 2.31. The average molecular weight is 249 g/mol. The summed E-state index contributed by atoms with van der Waals surface area (Å²) in [6, 6.07) is -0.0707. The van der Waals surface area contributed by atoms with Crippen molar-refractivity contribution in [3.63, 3.8) is 0 Å². The minimum absolute atomic E-state index is 0.0707. The molecule has 2 N–H and O–H groups in total. The first-order valence-electron chi connectivity index (χ1n) is 5.15. The van der Waals surface area contributed by atoms with E-state index in [0.29, 0.717) is 13.2 Å². The fourth-order valence-corrected chi connectivity index (χ4v) is 2.96. The molecule has 0 spiro atoms. The van der Waals surface area contributed by atoms with Crippen LogP contribution in [0, 0.1) is 0 Å². The summed E-state index contributed by atoms with van der Waals surface area (Å²) in [5, 5.41) is 5.54. The lowest BCUT2D eigenvalue weighted by molar-refractivity contribution is 0.181. The Kier molecular flexibility index (Phi) is 4.57. The van der Waals surface area contributed by atoms with Crippen LogP contribution in [-0.4, -0.2) is 53.1 Å². The summed E-state index contributed by atoms with van der Waals surface area (Å²) < 4.78 is 30.8. The van der Waals surface area contributed by atoms with Gasteiger partial charge >= 0.3 is 0 Å². The Morgan fingerprint density at radius 1 is 1.50 bits per heavy atom. The molecule has 1 fully saturated rings. The number of sulfonamides is 1. The van der Waals surface area contributed by atoms with Gasteiger partial charge in [0, 0.05) is 33.9 Å². The number of rotatable bonds is 5. The van der Waals surface area contributed by atoms with Gasteiger partial charge in [-0.25, -0.2) is 8.42 Å². The second-order valence-electron chi connectivity index (χ2n) is 3.59. The minimum Gasteiger partial charge on any atom is -0.392 e. The van der Waals surface area contributed by atoms with Gasteiger partial charge in [0.05, 0.1) is 12.6 Å². The van der Waals surface area contributed by atoms with Crippen LogP contribution in [0.15, 0.2) is 11.2 Å². The quantitative estimate of drug-likeness (QED) is 0.672. The normalized spacial score (nSPS) is 22.5. The standard InChI is InChI=1S/C9H19N3O3S/c1-10-6-9(11-2)16(13,14)12(3)8-4-5-15-7-8/h6,8,10-11H,4-5,7H2,1-3H3/b9-6+. The lowest BCUT2D eigenvalue weighted by Crippen LogP contribution is -2.40. The van der Waals surface area contributed by atoms with Crippen LogP contribution in [-0.2, 0) is 14.8 Å². The van der Waals surface area contributed by atoms with Gasteiger partial charge in [-0.3, -0.25) is 0 Å². The van der Waals surface area contributed by atoms with E-state index in [-0.39, 0.29) is 11.1 Å². The fraction of sp³-hybridized carbons (Fsp3) is 0.778. The molecule has 7 heteroatoms. The number of hydrogen-bond donors (Lipinski definition) is 2. The molecule has 94 valence electrons. The topological polar surface area (TPSA) is 70.7 Å². The van der Waals surface area contributed by atoms with E-state index in [1.54, 1.807) is 21.1 Å². The van der Waals surface area contributed by atoms with Crippen LogP contribution in [0.5, 0.6) is 0 Å². The van der Waals surface area contributed by atoms with Crippen molar-refractivity contribution in [1.29, 1.82) is 0 Å². The van der Waals surface area contributed by atoms with Crippen LogP contribution >= 0.6 is 0 Å². The zero-order chi connectivity index (χ0) is 12.2. The van der Waals surface area contributed by atoms with E-state index in [9.17, 15) is 8.42 Å². The largest absolute Gasteiger partial charge is 0.392 e. The second kappa shape index (κ2) is 5.51. The van der Waals surface area contributed by atoms with Gasteiger partial charge in [-0.05, 0) is 6.42 Å². The maximum atomic E-state index is 12.1. The zero-order valence-electron chi connectivity index (χ0n) is 9.86. The van der Waals surface area contributed by atoms with Gasteiger partial charge in [0.25, 0.3) is 10.0 Å². The van der Waals surface area contributed by atoms with Crippen LogP contribution in [0.1, 0.15) is 6.42 Å². The molecule has 0 bridgehead atoms. The summed E-state index contributed by atoms with van der Waals surface area (Å²) >= 11 is 0. The van der Waals surface area contributed by atoms with E-state index >= 15 is 0 Å². The molecule has 6 nitrogen and oxygen atoms in total. The average Bonchev–Trinajstić information content (AvgIpc) is 2.77. The Morgan fingerprint density at radius 3 is 2.62 bits per heavy atom. The van der Waals surface area contributed by atoms with Gasteiger partial charge in [-0.1, -0.05) is 0 Å². The van der Waals surface area contributed by atoms with Crippen LogP contribution < -0.4 is 10.6 Å². The third-order valence-corrected chi connectivity index (χ3v) is 4.53. The zero-order valence-corrected chi connectivity index (χ0v) is 10.7. The van der Waals surface area contributed by atoms with Crippen LogP contribution in [0.3, 0.4) is 0 Å². The highest BCUT2D eigenvalue weighted by atomic mass is 32.2. The maximum Gasteiger partial charge on any atom is 0.259 e. The lowest BCUT2D eigenvalue weighted by Gasteiger charge is -2.23. The predicted molar refractivity (Wildman–Crippen MR) is 62.1 cm³/mol. The molecule has 0 aliphatic carbocycles. The Bertz CT molecular complexity index is 347. The molecule has 1 rings (SSSR count). The van der Waals surface area contributed by atoms with Gasteiger partial charge in [-0.2, -0.15) is 4.31 Å².